The fourth-order valence-electron chi connectivity index (χ4n) is 2.37. The van der Waals surface area contributed by atoms with Crippen LogP contribution in [0.15, 0.2) is 36.4 Å². The molecule has 0 aliphatic carbocycles. The number of benzene rings is 2. The summed E-state index contributed by atoms with van der Waals surface area (Å²) in [5.41, 5.74) is 6.98. The van der Waals surface area contributed by atoms with Crippen LogP contribution in [-0.4, -0.2) is 11.8 Å². The van der Waals surface area contributed by atoms with Crippen molar-refractivity contribution in [3.05, 3.63) is 58.9 Å². The first-order valence-electron chi connectivity index (χ1n) is 6.04. The molecule has 0 saturated carbocycles. The molecule has 2 N–H and O–H groups in total. The zero-order valence-corrected chi connectivity index (χ0v) is 10.7. The fraction of sp³-hybridized carbons (Fsp3) is 0.0667. The molecule has 0 bridgehead atoms. The maximum absolute atomic E-state index is 14.0. The van der Waals surface area contributed by atoms with Crippen molar-refractivity contribution in [3.8, 4) is 0 Å². The number of aryl methyl sites for hydroxylation is 1. The monoisotopic (exact) mass is 270 g/mol. The molecule has 0 radical (unpaired) electrons. The average molecular weight is 270 g/mol. The molecule has 20 heavy (non-hydrogen) atoms. The Kier molecular flexibility index (Phi) is 2.57. The summed E-state index contributed by atoms with van der Waals surface area (Å²) in [5, 5.41) is 0. The van der Waals surface area contributed by atoms with E-state index in [1.165, 1.54) is 24.3 Å². The van der Waals surface area contributed by atoms with Crippen LogP contribution in [0.5, 0.6) is 0 Å². The van der Waals surface area contributed by atoms with E-state index in [4.69, 9.17) is 5.73 Å². The summed E-state index contributed by atoms with van der Waals surface area (Å²) in [6, 6.07) is 8.87. The molecular weight excluding hydrogens is 259 g/mol. The van der Waals surface area contributed by atoms with E-state index in [0.29, 0.717) is 11.3 Å². The van der Waals surface area contributed by atoms with Crippen LogP contribution in [-0.2, 0) is 0 Å². The van der Waals surface area contributed by atoms with Crippen LogP contribution in [0.1, 0.15) is 26.3 Å². The number of para-hydroxylation sites is 1. The Hall–Kier alpha value is -2.69. The Morgan fingerprint density at radius 2 is 1.75 bits per heavy atom. The summed E-state index contributed by atoms with van der Waals surface area (Å²) in [4.78, 5) is 25.5. The highest BCUT2D eigenvalue weighted by Crippen LogP contribution is 2.33. The number of nitrogens with two attached hydrogens (primary N) is 1. The SMILES string of the molecule is Cc1cccc(F)c1N1C(=O)c2ccc(N)cc2C1=O. The quantitative estimate of drug-likeness (QED) is 0.639. The lowest BCUT2D eigenvalue weighted by atomic mass is 10.1. The van der Waals surface area contributed by atoms with Gasteiger partial charge < -0.3 is 5.73 Å². The molecule has 0 saturated heterocycles. The maximum Gasteiger partial charge on any atom is 0.266 e. The Bertz CT molecular complexity index is 735. The van der Waals surface area contributed by atoms with Crippen molar-refractivity contribution in [2.45, 2.75) is 6.92 Å². The number of imide groups is 1. The molecule has 2 aromatic carbocycles. The third kappa shape index (κ3) is 1.60. The van der Waals surface area contributed by atoms with Gasteiger partial charge >= 0.3 is 0 Å². The average Bonchev–Trinajstić information content (AvgIpc) is 2.63. The highest BCUT2D eigenvalue weighted by molar-refractivity contribution is 6.34. The summed E-state index contributed by atoms with van der Waals surface area (Å²) >= 11 is 0. The molecule has 0 spiro atoms. The minimum atomic E-state index is -0.604. The van der Waals surface area contributed by atoms with Crippen molar-refractivity contribution >= 4 is 23.2 Å². The van der Waals surface area contributed by atoms with Crippen molar-refractivity contribution in [1.29, 1.82) is 0 Å². The van der Waals surface area contributed by atoms with Crippen molar-refractivity contribution in [2.24, 2.45) is 0 Å². The van der Waals surface area contributed by atoms with E-state index in [2.05, 4.69) is 0 Å². The molecular formula is C15H11FN2O2. The van der Waals surface area contributed by atoms with Gasteiger partial charge in [-0.2, -0.15) is 0 Å². The van der Waals surface area contributed by atoms with Crippen LogP contribution >= 0.6 is 0 Å². The second kappa shape index (κ2) is 4.16. The van der Waals surface area contributed by atoms with Crippen LogP contribution in [0.3, 0.4) is 0 Å². The van der Waals surface area contributed by atoms with Crippen LogP contribution in [0, 0.1) is 12.7 Å². The van der Waals surface area contributed by atoms with Crippen molar-refractivity contribution < 1.29 is 14.0 Å². The molecule has 3 rings (SSSR count). The van der Waals surface area contributed by atoms with Crippen LogP contribution in [0.4, 0.5) is 15.8 Å². The highest BCUT2D eigenvalue weighted by Gasteiger charge is 2.38. The minimum Gasteiger partial charge on any atom is -0.399 e. The highest BCUT2D eigenvalue weighted by atomic mass is 19.1. The molecule has 0 aromatic heterocycles. The van der Waals surface area contributed by atoms with E-state index >= 15 is 0 Å². The number of anilines is 2. The van der Waals surface area contributed by atoms with Crippen molar-refractivity contribution in [2.75, 3.05) is 10.6 Å². The number of nitrogen functional groups attached to an aromatic ring is 1. The van der Waals surface area contributed by atoms with E-state index in [1.807, 2.05) is 0 Å². The predicted octanol–water partition coefficient (Wildman–Crippen LogP) is 2.52. The number of nitrogens with zero attached hydrogens (tertiary/aromatic N) is 1. The molecule has 2 aromatic rings. The van der Waals surface area contributed by atoms with Crippen LogP contribution < -0.4 is 10.6 Å². The van der Waals surface area contributed by atoms with Crippen LogP contribution in [0.2, 0.25) is 0 Å². The minimum absolute atomic E-state index is 0.00253. The third-order valence-electron chi connectivity index (χ3n) is 3.32. The second-order valence-electron chi connectivity index (χ2n) is 4.66. The summed E-state index contributed by atoms with van der Waals surface area (Å²) in [5.74, 6) is -1.68. The third-order valence-corrected chi connectivity index (χ3v) is 3.32. The first-order valence-corrected chi connectivity index (χ1v) is 6.04. The number of rotatable bonds is 1. The van der Waals surface area contributed by atoms with E-state index in [-0.39, 0.29) is 16.8 Å². The number of amides is 2. The largest absolute Gasteiger partial charge is 0.399 e. The zero-order chi connectivity index (χ0) is 14.4. The van der Waals surface area contributed by atoms with E-state index in [0.717, 1.165) is 4.90 Å². The number of fused-ring (bicyclic) bond motifs is 1. The van der Waals surface area contributed by atoms with Gasteiger partial charge in [0.2, 0.25) is 0 Å². The predicted molar refractivity (Wildman–Crippen MR) is 73.1 cm³/mol. The van der Waals surface area contributed by atoms with Gasteiger partial charge in [0.15, 0.2) is 0 Å². The van der Waals surface area contributed by atoms with Gasteiger partial charge in [-0.05, 0) is 36.8 Å². The number of hydrogen-bond acceptors (Lipinski definition) is 3. The van der Waals surface area contributed by atoms with Gasteiger partial charge in [0.05, 0.1) is 16.8 Å². The first-order chi connectivity index (χ1) is 9.50. The maximum atomic E-state index is 14.0. The van der Waals surface area contributed by atoms with Gasteiger partial charge in [-0.15, -0.1) is 0 Å². The number of hydrogen-bond donors (Lipinski definition) is 1. The van der Waals surface area contributed by atoms with Gasteiger partial charge in [0.25, 0.3) is 11.8 Å². The lowest BCUT2D eigenvalue weighted by Gasteiger charge is -2.17. The topological polar surface area (TPSA) is 63.4 Å². The summed E-state index contributed by atoms with van der Waals surface area (Å²) < 4.78 is 14.0. The molecule has 1 heterocycles. The zero-order valence-electron chi connectivity index (χ0n) is 10.7. The second-order valence-corrected chi connectivity index (χ2v) is 4.66. The van der Waals surface area contributed by atoms with E-state index < -0.39 is 17.6 Å². The Labute approximate surface area is 114 Å². The van der Waals surface area contributed by atoms with Gasteiger partial charge in [0.1, 0.15) is 5.82 Å². The normalized spacial score (nSPS) is 13.8. The Morgan fingerprint density at radius 1 is 1.05 bits per heavy atom. The fourth-order valence-corrected chi connectivity index (χ4v) is 2.37. The van der Waals surface area contributed by atoms with E-state index in [9.17, 15) is 14.0 Å². The molecule has 4 nitrogen and oxygen atoms in total. The molecule has 0 unspecified atom stereocenters. The molecule has 100 valence electrons. The summed E-state index contributed by atoms with van der Waals surface area (Å²) in [6.07, 6.45) is 0. The molecule has 2 amide bonds. The number of carbonyl (C=O) groups excluding carboxylic acids is 2. The number of halogens is 1. The smallest absolute Gasteiger partial charge is 0.266 e. The molecule has 0 atom stereocenters. The van der Waals surface area contributed by atoms with Crippen molar-refractivity contribution in [3.63, 3.8) is 0 Å². The first kappa shape index (κ1) is 12.3. The van der Waals surface area contributed by atoms with Gasteiger partial charge in [0, 0.05) is 5.69 Å². The molecule has 1 aliphatic heterocycles. The summed E-state index contributed by atoms with van der Waals surface area (Å²) in [7, 11) is 0. The summed E-state index contributed by atoms with van der Waals surface area (Å²) in [6.45, 7) is 1.65. The van der Waals surface area contributed by atoms with Gasteiger partial charge in [-0.25, -0.2) is 9.29 Å². The number of carbonyl (C=O) groups is 2. The Morgan fingerprint density at radius 3 is 2.45 bits per heavy atom. The lowest BCUT2D eigenvalue weighted by Crippen LogP contribution is -2.31. The Balaban J connectivity index is 2.20. The standard InChI is InChI=1S/C15H11FN2O2/c1-8-3-2-4-12(16)13(8)18-14(19)10-6-5-9(17)7-11(10)15(18)20/h2-7H,17H2,1H3. The van der Waals surface area contributed by atoms with Gasteiger partial charge in [-0.1, -0.05) is 12.1 Å². The molecule has 5 heteroatoms. The van der Waals surface area contributed by atoms with E-state index in [1.54, 1.807) is 19.1 Å². The molecule has 0 fully saturated rings. The van der Waals surface area contributed by atoms with Crippen molar-refractivity contribution in [1.82, 2.24) is 0 Å². The molecule has 1 aliphatic rings. The van der Waals surface area contributed by atoms with Gasteiger partial charge in [-0.3, -0.25) is 9.59 Å². The lowest BCUT2D eigenvalue weighted by molar-refractivity contribution is 0.0924. The van der Waals surface area contributed by atoms with Crippen LogP contribution in [0.25, 0.3) is 0 Å².